The largest absolute Gasteiger partial charge is 0.309 e. The first kappa shape index (κ1) is 35.5. The van der Waals surface area contributed by atoms with Gasteiger partial charge in [0.05, 0.1) is 27.8 Å². The summed E-state index contributed by atoms with van der Waals surface area (Å²) in [5.74, 6) is 0. The molecule has 1 aliphatic rings. The van der Waals surface area contributed by atoms with Crippen molar-refractivity contribution in [3.8, 4) is 44.8 Å². The molecule has 10 aromatic rings. The number of rotatable bonds is 5. The lowest BCUT2D eigenvalue weighted by Gasteiger charge is -2.44. The van der Waals surface area contributed by atoms with Crippen LogP contribution in [0.1, 0.15) is 52.7 Å². The number of para-hydroxylation sites is 3. The standard InChI is InChI=1S/C57H48N2/c1-55(2)48-26-17-25-43(54(48)56(3,4)57(55,5)6)40-20-16-21-41(34-40)58-50-28-14-11-23-44(50)46-35-38(30-32-52(46)58)39-31-33-53-47(36-39)45-24-12-15-29-51(45)59(53)49-27-13-10-22-42(49)37-18-8-7-9-19-37/h7-36H,1-6H3. The van der Waals surface area contributed by atoms with Gasteiger partial charge in [0.1, 0.15) is 0 Å². The Labute approximate surface area is 347 Å². The number of hydrogen-bond donors (Lipinski definition) is 0. The van der Waals surface area contributed by atoms with Crippen LogP contribution in [0.5, 0.6) is 0 Å². The molecule has 8 aromatic carbocycles. The van der Waals surface area contributed by atoms with Gasteiger partial charge in [0.2, 0.25) is 0 Å². The van der Waals surface area contributed by atoms with Gasteiger partial charge in [-0.1, -0.05) is 169 Å². The Balaban J connectivity index is 1.05. The zero-order valence-corrected chi connectivity index (χ0v) is 34.7. The van der Waals surface area contributed by atoms with Crippen LogP contribution >= 0.6 is 0 Å². The van der Waals surface area contributed by atoms with Crippen LogP contribution in [0.15, 0.2) is 182 Å². The van der Waals surface area contributed by atoms with Gasteiger partial charge in [0.25, 0.3) is 0 Å². The smallest absolute Gasteiger partial charge is 0.0541 e. The van der Waals surface area contributed by atoms with Crippen molar-refractivity contribution < 1.29 is 0 Å². The molecule has 2 aromatic heterocycles. The second kappa shape index (κ2) is 12.7. The highest BCUT2D eigenvalue weighted by Crippen LogP contribution is 2.63. The van der Waals surface area contributed by atoms with Gasteiger partial charge in [-0.3, -0.25) is 0 Å². The van der Waals surface area contributed by atoms with Crippen LogP contribution in [-0.4, -0.2) is 9.13 Å². The molecular formula is C57H48N2. The minimum atomic E-state index is 0.00620. The van der Waals surface area contributed by atoms with E-state index in [2.05, 4.69) is 233 Å². The summed E-state index contributed by atoms with van der Waals surface area (Å²) in [7, 11) is 0. The lowest BCUT2D eigenvalue weighted by atomic mass is 9.59. The van der Waals surface area contributed by atoms with Crippen molar-refractivity contribution in [2.45, 2.75) is 52.4 Å². The molecule has 2 heterocycles. The maximum absolute atomic E-state index is 2.46. The molecule has 0 atom stereocenters. The molecule has 11 rings (SSSR count). The molecular weight excluding hydrogens is 713 g/mol. The predicted molar refractivity (Wildman–Crippen MR) is 251 cm³/mol. The molecule has 1 aliphatic carbocycles. The van der Waals surface area contributed by atoms with E-state index in [1.54, 1.807) is 0 Å². The third-order valence-corrected chi connectivity index (χ3v) is 14.8. The summed E-state index contributed by atoms with van der Waals surface area (Å²) in [6.45, 7) is 14.6. The van der Waals surface area contributed by atoms with E-state index < -0.39 is 0 Å². The highest BCUT2D eigenvalue weighted by Gasteiger charge is 2.57. The van der Waals surface area contributed by atoms with Crippen molar-refractivity contribution in [2.24, 2.45) is 5.41 Å². The fourth-order valence-corrected chi connectivity index (χ4v) is 10.6. The van der Waals surface area contributed by atoms with E-state index in [9.17, 15) is 0 Å². The lowest BCUT2D eigenvalue weighted by molar-refractivity contribution is 0.125. The first-order chi connectivity index (χ1) is 28.6. The van der Waals surface area contributed by atoms with Gasteiger partial charge in [0.15, 0.2) is 0 Å². The van der Waals surface area contributed by atoms with Crippen molar-refractivity contribution in [1.29, 1.82) is 0 Å². The molecule has 286 valence electrons. The lowest BCUT2D eigenvalue weighted by Crippen LogP contribution is -2.42. The number of fused-ring (bicyclic) bond motifs is 7. The summed E-state index contributed by atoms with van der Waals surface area (Å²) in [4.78, 5) is 0. The van der Waals surface area contributed by atoms with Crippen molar-refractivity contribution >= 4 is 43.6 Å². The molecule has 59 heavy (non-hydrogen) atoms. The summed E-state index contributed by atoms with van der Waals surface area (Å²) in [6, 6.07) is 67.4. The molecule has 0 aliphatic heterocycles. The van der Waals surface area contributed by atoms with Crippen LogP contribution in [0.4, 0.5) is 0 Å². The third kappa shape index (κ3) is 4.99. The Morgan fingerprint density at radius 2 is 0.864 bits per heavy atom. The Bertz CT molecular complexity index is 3290. The van der Waals surface area contributed by atoms with Crippen LogP contribution < -0.4 is 0 Å². The summed E-state index contributed by atoms with van der Waals surface area (Å²) < 4.78 is 4.90. The van der Waals surface area contributed by atoms with Crippen LogP contribution in [0, 0.1) is 5.41 Å². The van der Waals surface area contributed by atoms with Gasteiger partial charge in [-0.15, -0.1) is 0 Å². The molecule has 0 spiro atoms. The Hall–Kier alpha value is -6.64. The van der Waals surface area contributed by atoms with Gasteiger partial charge in [-0.25, -0.2) is 0 Å². The number of aromatic nitrogens is 2. The van der Waals surface area contributed by atoms with Crippen LogP contribution in [0.2, 0.25) is 0 Å². The Morgan fingerprint density at radius 3 is 1.56 bits per heavy atom. The minimum absolute atomic E-state index is 0.00620. The Kier molecular flexibility index (Phi) is 7.63. The topological polar surface area (TPSA) is 9.86 Å². The van der Waals surface area contributed by atoms with Crippen LogP contribution in [0.3, 0.4) is 0 Å². The van der Waals surface area contributed by atoms with Gasteiger partial charge in [-0.2, -0.15) is 0 Å². The average Bonchev–Trinajstić information content (AvgIpc) is 3.81. The van der Waals surface area contributed by atoms with E-state index in [1.807, 2.05) is 0 Å². The molecule has 0 radical (unpaired) electrons. The molecule has 0 amide bonds. The molecule has 0 unspecified atom stereocenters. The summed E-state index contributed by atoms with van der Waals surface area (Å²) in [5.41, 5.74) is 17.8. The normalized spacial score (nSPS) is 15.4. The fraction of sp³-hybridized carbons (Fsp3) is 0.158. The molecule has 0 N–H and O–H groups in total. The third-order valence-electron chi connectivity index (χ3n) is 14.8. The van der Waals surface area contributed by atoms with Gasteiger partial charge in [0, 0.05) is 32.8 Å². The van der Waals surface area contributed by atoms with E-state index in [0.29, 0.717) is 0 Å². The molecule has 0 saturated heterocycles. The first-order valence-corrected chi connectivity index (χ1v) is 21.0. The van der Waals surface area contributed by atoms with E-state index in [-0.39, 0.29) is 16.2 Å². The van der Waals surface area contributed by atoms with Gasteiger partial charge in [-0.05, 0) is 110 Å². The molecule has 2 heteroatoms. The molecule has 0 bridgehead atoms. The number of benzene rings is 8. The molecule has 0 saturated carbocycles. The SMILES string of the molecule is CC1(C)c2cccc(-c3cccc(-n4c5ccccc5c5cc(-c6ccc7c(c6)c6ccccc6n7-c6ccccc6-c6ccccc6)ccc54)c3)c2C(C)(C)C1(C)C. The first-order valence-electron chi connectivity index (χ1n) is 21.0. The highest BCUT2D eigenvalue weighted by atomic mass is 15.0. The maximum Gasteiger partial charge on any atom is 0.0541 e. The monoisotopic (exact) mass is 760 g/mol. The Morgan fingerprint density at radius 1 is 0.339 bits per heavy atom. The maximum atomic E-state index is 2.46. The van der Waals surface area contributed by atoms with Crippen molar-refractivity contribution in [1.82, 2.24) is 9.13 Å². The average molecular weight is 761 g/mol. The highest BCUT2D eigenvalue weighted by molar-refractivity contribution is 6.13. The van der Waals surface area contributed by atoms with E-state index in [4.69, 9.17) is 0 Å². The van der Waals surface area contributed by atoms with E-state index in [1.165, 1.54) is 99.5 Å². The van der Waals surface area contributed by atoms with Crippen molar-refractivity contribution in [3.05, 3.63) is 193 Å². The fourth-order valence-electron chi connectivity index (χ4n) is 10.6. The molecule has 2 nitrogen and oxygen atoms in total. The van der Waals surface area contributed by atoms with Gasteiger partial charge >= 0.3 is 0 Å². The van der Waals surface area contributed by atoms with Crippen LogP contribution in [-0.2, 0) is 10.8 Å². The van der Waals surface area contributed by atoms with Crippen molar-refractivity contribution in [2.75, 3.05) is 0 Å². The van der Waals surface area contributed by atoms with Crippen LogP contribution in [0.25, 0.3) is 88.4 Å². The molecule has 0 fully saturated rings. The summed E-state index contributed by atoms with van der Waals surface area (Å²) in [5, 5.41) is 5.02. The summed E-state index contributed by atoms with van der Waals surface area (Å²) >= 11 is 0. The van der Waals surface area contributed by atoms with Gasteiger partial charge < -0.3 is 9.13 Å². The second-order valence-corrected chi connectivity index (χ2v) is 18.2. The van der Waals surface area contributed by atoms with E-state index in [0.717, 1.165) is 0 Å². The second-order valence-electron chi connectivity index (χ2n) is 18.2. The number of hydrogen-bond acceptors (Lipinski definition) is 0. The summed E-state index contributed by atoms with van der Waals surface area (Å²) in [6.07, 6.45) is 0. The number of nitrogens with zero attached hydrogens (tertiary/aromatic N) is 2. The zero-order valence-electron chi connectivity index (χ0n) is 34.7. The minimum Gasteiger partial charge on any atom is -0.309 e. The zero-order chi connectivity index (χ0) is 40.3. The predicted octanol–water partition coefficient (Wildman–Crippen LogP) is 15.5. The van der Waals surface area contributed by atoms with E-state index >= 15 is 0 Å². The quantitative estimate of drug-likeness (QED) is 0.165. The van der Waals surface area contributed by atoms with Crippen molar-refractivity contribution in [3.63, 3.8) is 0 Å².